The number of fused-ring (bicyclic) bond motifs is 1. The Hall–Kier alpha value is -1.31. The van der Waals surface area contributed by atoms with Crippen LogP contribution in [-0.4, -0.2) is 9.78 Å². The molecule has 2 nitrogen and oxygen atoms in total. The van der Waals surface area contributed by atoms with E-state index in [4.69, 9.17) is 0 Å². The summed E-state index contributed by atoms with van der Waals surface area (Å²) in [5.41, 5.74) is 6.71. The van der Waals surface area contributed by atoms with Gasteiger partial charge >= 0.3 is 0 Å². The third kappa shape index (κ3) is 2.16. The van der Waals surface area contributed by atoms with Crippen molar-refractivity contribution in [3.05, 3.63) is 35.2 Å². The zero-order chi connectivity index (χ0) is 13.5. The van der Waals surface area contributed by atoms with Crippen LogP contribution in [0.3, 0.4) is 0 Å². The molecule has 0 atom stereocenters. The molecular formula is C16H24N2. The average molecular weight is 244 g/mol. The number of aryl methyl sites for hydroxylation is 1. The van der Waals surface area contributed by atoms with E-state index in [1.807, 2.05) is 6.20 Å². The molecule has 98 valence electrons. The predicted octanol–water partition coefficient (Wildman–Crippen LogP) is 4.32. The highest BCUT2D eigenvalue weighted by atomic mass is 15.3. The van der Waals surface area contributed by atoms with Gasteiger partial charge in [0.05, 0.1) is 17.4 Å². The first-order valence-corrected chi connectivity index (χ1v) is 6.75. The molecule has 0 unspecified atom stereocenters. The van der Waals surface area contributed by atoms with Crippen LogP contribution in [-0.2, 0) is 12.0 Å². The Morgan fingerprint density at radius 3 is 2.50 bits per heavy atom. The summed E-state index contributed by atoms with van der Waals surface area (Å²) in [6.07, 6.45) is 5.57. The van der Waals surface area contributed by atoms with Crippen LogP contribution in [0.2, 0.25) is 0 Å². The van der Waals surface area contributed by atoms with Crippen molar-refractivity contribution >= 4 is 5.57 Å². The molecule has 0 aromatic carbocycles. The second-order valence-electron chi connectivity index (χ2n) is 6.34. The highest BCUT2D eigenvalue weighted by Gasteiger charge is 2.26. The first-order chi connectivity index (χ1) is 8.32. The Balaban J connectivity index is 2.65. The summed E-state index contributed by atoms with van der Waals surface area (Å²) in [5.74, 6) is 0. The Morgan fingerprint density at radius 1 is 1.28 bits per heavy atom. The van der Waals surface area contributed by atoms with Crippen LogP contribution in [0.15, 0.2) is 23.9 Å². The van der Waals surface area contributed by atoms with Crippen molar-refractivity contribution in [2.75, 3.05) is 0 Å². The third-order valence-electron chi connectivity index (χ3n) is 3.73. The minimum atomic E-state index is 0.0333. The lowest BCUT2D eigenvalue weighted by atomic mass is 9.87. The van der Waals surface area contributed by atoms with E-state index >= 15 is 0 Å². The molecule has 2 heteroatoms. The molecule has 0 bridgehead atoms. The molecule has 1 aliphatic carbocycles. The SMILES string of the molecule is C=C(C)/C(C)=C1\CCCc2cnn(C(C)(C)C)c21. The third-order valence-corrected chi connectivity index (χ3v) is 3.73. The molecule has 18 heavy (non-hydrogen) atoms. The summed E-state index contributed by atoms with van der Waals surface area (Å²) in [6.45, 7) is 15.0. The van der Waals surface area contributed by atoms with Gasteiger partial charge in [-0.1, -0.05) is 12.2 Å². The first kappa shape index (κ1) is 13.1. The van der Waals surface area contributed by atoms with Gasteiger partial charge < -0.3 is 0 Å². The molecule has 0 saturated heterocycles. The molecule has 0 spiro atoms. The van der Waals surface area contributed by atoms with Gasteiger partial charge in [-0.15, -0.1) is 0 Å². The molecule has 1 heterocycles. The summed E-state index contributed by atoms with van der Waals surface area (Å²) in [7, 11) is 0. The van der Waals surface area contributed by atoms with Crippen LogP contribution >= 0.6 is 0 Å². The summed E-state index contributed by atoms with van der Waals surface area (Å²) >= 11 is 0. The van der Waals surface area contributed by atoms with E-state index in [0.717, 1.165) is 12.8 Å². The fraction of sp³-hybridized carbons (Fsp3) is 0.562. The maximum absolute atomic E-state index is 4.61. The topological polar surface area (TPSA) is 17.8 Å². The largest absolute Gasteiger partial charge is 0.260 e. The van der Waals surface area contributed by atoms with Gasteiger partial charge in [-0.05, 0) is 70.6 Å². The lowest BCUT2D eigenvalue weighted by molar-refractivity contribution is 0.351. The molecule has 0 fully saturated rings. The molecule has 0 N–H and O–H groups in total. The molecule has 1 aliphatic rings. The van der Waals surface area contributed by atoms with Crippen LogP contribution in [0.1, 0.15) is 58.7 Å². The number of hydrogen-bond donors (Lipinski definition) is 0. The molecule has 0 amide bonds. The second-order valence-corrected chi connectivity index (χ2v) is 6.34. The van der Waals surface area contributed by atoms with Crippen LogP contribution in [0.5, 0.6) is 0 Å². The molecular weight excluding hydrogens is 220 g/mol. The number of rotatable bonds is 1. The minimum absolute atomic E-state index is 0.0333. The Bertz CT molecular complexity index is 510. The van der Waals surface area contributed by atoms with Crippen molar-refractivity contribution < 1.29 is 0 Å². The van der Waals surface area contributed by atoms with Crippen molar-refractivity contribution in [2.45, 2.75) is 59.4 Å². The zero-order valence-corrected chi connectivity index (χ0v) is 12.3. The van der Waals surface area contributed by atoms with E-state index in [-0.39, 0.29) is 5.54 Å². The van der Waals surface area contributed by atoms with Gasteiger partial charge in [0.15, 0.2) is 0 Å². The second kappa shape index (κ2) is 4.42. The van der Waals surface area contributed by atoms with E-state index in [0.29, 0.717) is 0 Å². The van der Waals surface area contributed by atoms with Gasteiger partial charge in [0.2, 0.25) is 0 Å². The Morgan fingerprint density at radius 2 is 1.94 bits per heavy atom. The lowest BCUT2D eigenvalue weighted by Gasteiger charge is -2.27. The van der Waals surface area contributed by atoms with Gasteiger partial charge in [-0.3, -0.25) is 4.68 Å². The average Bonchev–Trinajstić information content (AvgIpc) is 2.70. The monoisotopic (exact) mass is 244 g/mol. The summed E-state index contributed by atoms with van der Waals surface area (Å²) in [5, 5.41) is 4.61. The lowest BCUT2D eigenvalue weighted by Crippen LogP contribution is -2.26. The van der Waals surface area contributed by atoms with Gasteiger partial charge in [0.25, 0.3) is 0 Å². The normalized spacial score (nSPS) is 18.5. The number of allylic oxidation sites excluding steroid dienone is 3. The number of nitrogens with zero attached hydrogens (tertiary/aromatic N) is 2. The summed E-state index contributed by atoms with van der Waals surface area (Å²) in [4.78, 5) is 0. The molecule has 0 aliphatic heterocycles. The van der Waals surface area contributed by atoms with Gasteiger partial charge in [-0.2, -0.15) is 5.10 Å². The minimum Gasteiger partial charge on any atom is -0.260 e. The highest BCUT2D eigenvalue weighted by Crippen LogP contribution is 2.36. The van der Waals surface area contributed by atoms with Crippen molar-refractivity contribution in [1.29, 1.82) is 0 Å². The highest BCUT2D eigenvalue weighted by molar-refractivity contribution is 5.73. The standard InChI is InChI=1S/C16H24N2/c1-11(2)12(3)14-9-7-8-13-10-17-18(15(13)14)16(4,5)6/h10H,1,7-9H2,2-6H3/b14-12+. The Kier molecular flexibility index (Phi) is 3.22. The van der Waals surface area contributed by atoms with Crippen molar-refractivity contribution in [3.8, 4) is 0 Å². The smallest absolute Gasteiger partial charge is 0.0682 e. The van der Waals surface area contributed by atoms with Crippen molar-refractivity contribution in [2.24, 2.45) is 0 Å². The molecule has 0 radical (unpaired) electrons. The summed E-state index contributed by atoms with van der Waals surface area (Å²) < 4.78 is 2.18. The molecule has 2 rings (SSSR count). The fourth-order valence-corrected chi connectivity index (χ4v) is 2.59. The predicted molar refractivity (Wildman–Crippen MR) is 77.6 cm³/mol. The van der Waals surface area contributed by atoms with E-state index in [9.17, 15) is 0 Å². The zero-order valence-electron chi connectivity index (χ0n) is 12.3. The van der Waals surface area contributed by atoms with Crippen LogP contribution in [0, 0.1) is 0 Å². The number of aromatic nitrogens is 2. The van der Waals surface area contributed by atoms with Gasteiger partial charge in [-0.25, -0.2) is 0 Å². The van der Waals surface area contributed by atoms with Crippen LogP contribution in [0.4, 0.5) is 0 Å². The van der Waals surface area contributed by atoms with Gasteiger partial charge in [0.1, 0.15) is 0 Å². The van der Waals surface area contributed by atoms with Crippen LogP contribution < -0.4 is 0 Å². The van der Waals surface area contributed by atoms with Crippen molar-refractivity contribution in [1.82, 2.24) is 9.78 Å². The van der Waals surface area contributed by atoms with E-state index in [1.165, 1.54) is 34.4 Å². The fourth-order valence-electron chi connectivity index (χ4n) is 2.59. The van der Waals surface area contributed by atoms with E-state index in [2.05, 4.69) is 51.0 Å². The first-order valence-electron chi connectivity index (χ1n) is 6.75. The molecule has 1 aromatic heterocycles. The van der Waals surface area contributed by atoms with Gasteiger partial charge in [0, 0.05) is 0 Å². The van der Waals surface area contributed by atoms with Crippen LogP contribution in [0.25, 0.3) is 5.57 Å². The quantitative estimate of drug-likeness (QED) is 0.719. The van der Waals surface area contributed by atoms with Crippen molar-refractivity contribution in [3.63, 3.8) is 0 Å². The van der Waals surface area contributed by atoms with E-state index < -0.39 is 0 Å². The molecule has 0 saturated carbocycles. The number of hydrogen-bond acceptors (Lipinski definition) is 1. The maximum atomic E-state index is 4.61. The maximum Gasteiger partial charge on any atom is 0.0682 e. The molecule has 1 aromatic rings. The van der Waals surface area contributed by atoms with E-state index in [1.54, 1.807) is 0 Å². The summed E-state index contributed by atoms with van der Waals surface area (Å²) in [6, 6.07) is 0. The Labute approximate surface area is 110 Å².